The summed E-state index contributed by atoms with van der Waals surface area (Å²) in [5.74, 6) is 2.63. The summed E-state index contributed by atoms with van der Waals surface area (Å²) in [7, 11) is 0. The molecule has 0 aliphatic heterocycles. The monoisotopic (exact) mass is 179 g/mol. The van der Waals surface area contributed by atoms with Gasteiger partial charge in [0.1, 0.15) is 0 Å². The molecule has 2 aromatic rings. The van der Waals surface area contributed by atoms with E-state index in [2.05, 4.69) is 10.9 Å². The minimum Gasteiger partial charge on any atom is -0.255 e. The molecular weight excluding hydrogens is 170 g/mol. The fourth-order valence-corrected chi connectivity index (χ4v) is 1.35. The molecule has 0 amide bonds. The molecule has 2 rings (SSSR count). The molecule has 0 aliphatic carbocycles. The topological polar surface area (TPSA) is 12.9 Å². The Kier molecular flexibility index (Phi) is 2.29. The van der Waals surface area contributed by atoms with Crippen LogP contribution in [0.25, 0.3) is 11.3 Å². The summed E-state index contributed by atoms with van der Waals surface area (Å²) in [6, 6.07) is 13.7. The molecule has 1 aromatic heterocycles. The second kappa shape index (κ2) is 3.76. The van der Waals surface area contributed by atoms with Crippen molar-refractivity contribution >= 4 is 0 Å². The Bertz CT molecular complexity index is 466. The maximum Gasteiger partial charge on any atom is 0.0858 e. The lowest BCUT2D eigenvalue weighted by Gasteiger charge is -2.02. The van der Waals surface area contributed by atoms with E-state index in [0.717, 1.165) is 16.8 Å². The zero-order valence-corrected chi connectivity index (χ0v) is 7.64. The molecule has 0 saturated heterocycles. The number of pyridine rings is 1. The standard InChI is InChI=1S/C13H9N/c1-2-11-9-6-10-14-13(11)12-7-4-3-5-8-12/h1,3-10H. The van der Waals surface area contributed by atoms with Crippen molar-refractivity contribution in [1.82, 2.24) is 4.98 Å². The molecule has 0 bridgehead atoms. The summed E-state index contributed by atoms with van der Waals surface area (Å²) in [5.41, 5.74) is 2.76. The Morgan fingerprint density at radius 1 is 1.00 bits per heavy atom. The van der Waals surface area contributed by atoms with Gasteiger partial charge in [0, 0.05) is 11.8 Å². The minimum absolute atomic E-state index is 0.832. The second-order valence-corrected chi connectivity index (χ2v) is 2.91. The Balaban J connectivity index is 2.58. The van der Waals surface area contributed by atoms with Crippen LogP contribution in [0.5, 0.6) is 0 Å². The molecule has 1 heterocycles. The van der Waals surface area contributed by atoms with E-state index < -0.39 is 0 Å². The van der Waals surface area contributed by atoms with E-state index in [0.29, 0.717) is 0 Å². The van der Waals surface area contributed by atoms with E-state index in [1.54, 1.807) is 6.20 Å². The third kappa shape index (κ3) is 1.51. The molecule has 0 aliphatic rings. The van der Waals surface area contributed by atoms with Crippen LogP contribution in [0.4, 0.5) is 0 Å². The summed E-state index contributed by atoms with van der Waals surface area (Å²) >= 11 is 0. The van der Waals surface area contributed by atoms with Gasteiger partial charge in [-0.15, -0.1) is 6.42 Å². The summed E-state index contributed by atoms with van der Waals surface area (Å²) in [4.78, 5) is 4.28. The highest BCUT2D eigenvalue weighted by molar-refractivity contribution is 5.66. The first-order chi connectivity index (χ1) is 6.92. The average Bonchev–Trinajstić information content (AvgIpc) is 2.30. The van der Waals surface area contributed by atoms with Crippen molar-refractivity contribution < 1.29 is 0 Å². The van der Waals surface area contributed by atoms with Crippen molar-refractivity contribution in [3.05, 3.63) is 54.2 Å². The molecular formula is C13H9N. The zero-order chi connectivity index (χ0) is 9.80. The quantitative estimate of drug-likeness (QED) is 0.613. The van der Waals surface area contributed by atoms with Gasteiger partial charge in [-0.1, -0.05) is 36.3 Å². The van der Waals surface area contributed by atoms with Gasteiger partial charge in [-0.2, -0.15) is 0 Å². The SMILES string of the molecule is C#Cc1cccnc1-c1ccccc1. The number of aromatic nitrogens is 1. The molecule has 1 aromatic carbocycles. The van der Waals surface area contributed by atoms with E-state index in [1.165, 1.54) is 0 Å². The fourth-order valence-electron chi connectivity index (χ4n) is 1.35. The van der Waals surface area contributed by atoms with Crippen molar-refractivity contribution in [1.29, 1.82) is 0 Å². The van der Waals surface area contributed by atoms with Gasteiger partial charge < -0.3 is 0 Å². The van der Waals surface area contributed by atoms with Crippen LogP contribution in [0, 0.1) is 12.3 Å². The van der Waals surface area contributed by atoms with Gasteiger partial charge in [0.25, 0.3) is 0 Å². The Morgan fingerprint density at radius 3 is 2.50 bits per heavy atom. The van der Waals surface area contributed by atoms with Gasteiger partial charge in [0.2, 0.25) is 0 Å². The van der Waals surface area contributed by atoms with Gasteiger partial charge in [0.15, 0.2) is 0 Å². The number of benzene rings is 1. The van der Waals surface area contributed by atoms with E-state index in [1.807, 2.05) is 42.5 Å². The Hall–Kier alpha value is -2.07. The molecule has 14 heavy (non-hydrogen) atoms. The summed E-state index contributed by atoms with van der Waals surface area (Å²) in [5, 5.41) is 0. The lowest BCUT2D eigenvalue weighted by Crippen LogP contribution is -1.87. The fraction of sp³-hybridized carbons (Fsp3) is 0. The lowest BCUT2D eigenvalue weighted by atomic mass is 10.1. The number of rotatable bonds is 1. The van der Waals surface area contributed by atoms with E-state index >= 15 is 0 Å². The molecule has 1 heteroatoms. The van der Waals surface area contributed by atoms with E-state index in [4.69, 9.17) is 6.42 Å². The van der Waals surface area contributed by atoms with Crippen LogP contribution in [0.15, 0.2) is 48.7 Å². The molecule has 0 radical (unpaired) electrons. The van der Waals surface area contributed by atoms with Gasteiger partial charge in [-0.25, -0.2) is 0 Å². The molecule has 0 unspecified atom stereocenters. The van der Waals surface area contributed by atoms with Crippen molar-refractivity contribution in [3.63, 3.8) is 0 Å². The molecule has 1 nitrogen and oxygen atoms in total. The summed E-state index contributed by atoms with van der Waals surface area (Å²) < 4.78 is 0. The predicted molar refractivity (Wildman–Crippen MR) is 57.6 cm³/mol. The van der Waals surface area contributed by atoms with Crippen LogP contribution < -0.4 is 0 Å². The van der Waals surface area contributed by atoms with Gasteiger partial charge in [-0.05, 0) is 12.1 Å². The molecule has 0 atom stereocenters. The van der Waals surface area contributed by atoms with Crippen molar-refractivity contribution in [2.24, 2.45) is 0 Å². The third-order valence-corrected chi connectivity index (χ3v) is 2.01. The molecule has 0 spiro atoms. The maximum atomic E-state index is 5.40. The largest absolute Gasteiger partial charge is 0.255 e. The molecule has 0 N–H and O–H groups in total. The Morgan fingerprint density at radius 2 is 1.79 bits per heavy atom. The highest BCUT2D eigenvalue weighted by Gasteiger charge is 2.01. The average molecular weight is 179 g/mol. The van der Waals surface area contributed by atoms with Crippen molar-refractivity contribution in [3.8, 4) is 23.6 Å². The van der Waals surface area contributed by atoms with Crippen molar-refractivity contribution in [2.75, 3.05) is 0 Å². The third-order valence-electron chi connectivity index (χ3n) is 2.01. The zero-order valence-electron chi connectivity index (χ0n) is 7.64. The van der Waals surface area contributed by atoms with E-state index in [-0.39, 0.29) is 0 Å². The molecule has 0 fully saturated rings. The lowest BCUT2D eigenvalue weighted by molar-refractivity contribution is 1.31. The van der Waals surface area contributed by atoms with Gasteiger partial charge >= 0.3 is 0 Å². The second-order valence-electron chi connectivity index (χ2n) is 2.91. The molecule has 66 valence electrons. The minimum atomic E-state index is 0.832. The predicted octanol–water partition coefficient (Wildman–Crippen LogP) is 2.73. The normalized spacial score (nSPS) is 9.36. The molecule has 0 saturated carbocycles. The van der Waals surface area contributed by atoms with Crippen LogP contribution in [0.2, 0.25) is 0 Å². The number of nitrogens with zero attached hydrogens (tertiary/aromatic N) is 1. The van der Waals surface area contributed by atoms with Crippen molar-refractivity contribution in [2.45, 2.75) is 0 Å². The summed E-state index contributed by atoms with van der Waals surface area (Å²) in [6.45, 7) is 0. The van der Waals surface area contributed by atoms with Crippen LogP contribution in [-0.4, -0.2) is 4.98 Å². The van der Waals surface area contributed by atoms with Gasteiger partial charge in [-0.3, -0.25) is 4.98 Å². The first-order valence-electron chi connectivity index (χ1n) is 4.39. The highest BCUT2D eigenvalue weighted by Crippen LogP contribution is 2.19. The first kappa shape index (κ1) is 8.52. The van der Waals surface area contributed by atoms with Gasteiger partial charge in [0.05, 0.1) is 11.3 Å². The maximum absolute atomic E-state index is 5.40. The van der Waals surface area contributed by atoms with Crippen LogP contribution in [0.3, 0.4) is 0 Å². The number of terminal acetylenes is 1. The van der Waals surface area contributed by atoms with Crippen LogP contribution >= 0.6 is 0 Å². The first-order valence-corrected chi connectivity index (χ1v) is 4.39. The van der Waals surface area contributed by atoms with E-state index in [9.17, 15) is 0 Å². The summed E-state index contributed by atoms with van der Waals surface area (Å²) in [6.07, 6.45) is 7.15. The highest BCUT2D eigenvalue weighted by atomic mass is 14.7. The van der Waals surface area contributed by atoms with Crippen LogP contribution in [-0.2, 0) is 0 Å². The number of hydrogen-bond donors (Lipinski definition) is 0. The smallest absolute Gasteiger partial charge is 0.0858 e. The number of hydrogen-bond acceptors (Lipinski definition) is 1. The van der Waals surface area contributed by atoms with Crippen LogP contribution in [0.1, 0.15) is 5.56 Å². The Labute approximate surface area is 83.4 Å².